The Morgan fingerprint density at radius 1 is 1.18 bits per heavy atom. The number of amides is 3. The van der Waals surface area contributed by atoms with E-state index in [-0.39, 0.29) is 23.8 Å². The van der Waals surface area contributed by atoms with Gasteiger partial charge in [-0.05, 0) is 79.3 Å². The first-order valence-corrected chi connectivity index (χ1v) is 13.7. The van der Waals surface area contributed by atoms with Gasteiger partial charge in [-0.2, -0.15) is 5.10 Å². The largest absolute Gasteiger partial charge is 0.348 e. The van der Waals surface area contributed by atoms with Crippen LogP contribution in [0.25, 0.3) is 11.0 Å². The molecule has 2 aromatic heterocycles. The molecule has 0 aliphatic carbocycles. The fourth-order valence-corrected chi connectivity index (χ4v) is 4.74. The van der Waals surface area contributed by atoms with Gasteiger partial charge in [-0.3, -0.25) is 14.4 Å². The number of allylic oxidation sites excluding steroid dienone is 3. The van der Waals surface area contributed by atoms with E-state index in [9.17, 15) is 14.4 Å². The highest BCUT2D eigenvalue weighted by Crippen LogP contribution is 2.31. The van der Waals surface area contributed by atoms with Crippen molar-refractivity contribution in [3.05, 3.63) is 46.4 Å². The zero-order valence-electron chi connectivity index (χ0n) is 24.4. The molecule has 3 rings (SSSR count). The summed E-state index contributed by atoms with van der Waals surface area (Å²) in [6.07, 6.45) is 6.39. The summed E-state index contributed by atoms with van der Waals surface area (Å²) in [5.74, 6) is 0.174. The predicted octanol–water partition coefficient (Wildman–Crippen LogP) is 3.39. The van der Waals surface area contributed by atoms with Crippen LogP contribution in [0.2, 0.25) is 0 Å². The van der Waals surface area contributed by atoms with Gasteiger partial charge in [-0.15, -0.1) is 0 Å². The van der Waals surface area contributed by atoms with E-state index in [0.29, 0.717) is 43.7 Å². The van der Waals surface area contributed by atoms with Crippen molar-refractivity contribution in [2.24, 2.45) is 0 Å². The summed E-state index contributed by atoms with van der Waals surface area (Å²) in [5.41, 5.74) is 4.84. The number of carbonyl (C=O) groups excluding carboxylic acids is 3. The molecule has 2 N–H and O–H groups in total. The molecule has 0 radical (unpaired) electrons. The third-order valence-electron chi connectivity index (χ3n) is 7.27. The van der Waals surface area contributed by atoms with Gasteiger partial charge in [0.25, 0.3) is 5.91 Å². The van der Waals surface area contributed by atoms with Crippen LogP contribution < -0.4 is 10.6 Å². The molecule has 3 heterocycles. The number of carbonyl (C=O) groups is 3. The van der Waals surface area contributed by atoms with Crippen LogP contribution in [-0.2, 0) is 9.59 Å². The minimum atomic E-state index is -0.179. The Morgan fingerprint density at radius 3 is 2.49 bits per heavy atom. The summed E-state index contributed by atoms with van der Waals surface area (Å²) in [6, 6.07) is 2.00. The summed E-state index contributed by atoms with van der Waals surface area (Å²) in [4.78, 5) is 45.7. The van der Waals surface area contributed by atoms with Gasteiger partial charge in [0.15, 0.2) is 5.65 Å². The molecule has 0 saturated carbocycles. The minimum absolute atomic E-state index is 0.0974. The number of piperidine rings is 1. The Bertz CT molecular complexity index is 1250. The van der Waals surface area contributed by atoms with Crippen molar-refractivity contribution in [1.82, 2.24) is 35.2 Å². The second-order valence-corrected chi connectivity index (χ2v) is 11.0. The highest BCUT2D eigenvalue weighted by molar-refractivity contribution is 6.05. The molecule has 1 saturated heterocycles. The van der Waals surface area contributed by atoms with E-state index in [2.05, 4.69) is 15.7 Å². The van der Waals surface area contributed by atoms with Crippen LogP contribution in [0.4, 0.5) is 0 Å². The number of nitrogens with zero attached hydrogens (tertiary/aromatic N) is 5. The van der Waals surface area contributed by atoms with E-state index in [1.807, 2.05) is 75.3 Å². The topological polar surface area (TPSA) is 112 Å². The van der Waals surface area contributed by atoms with Crippen molar-refractivity contribution in [2.45, 2.75) is 65.8 Å². The van der Waals surface area contributed by atoms with Gasteiger partial charge in [-0.25, -0.2) is 9.67 Å². The summed E-state index contributed by atoms with van der Waals surface area (Å²) in [6.45, 7) is 12.3. The first kappa shape index (κ1) is 30.0. The number of hydrogen-bond acceptors (Lipinski definition) is 6. The Kier molecular flexibility index (Phi) is 10.4. The summed E-state index contributed by atoms with van der Waals surface area (Å²) in [7, 11) is 3.95. The summed E-state index contributed by atoms with van der Waals surface area (Å²) >= 11 is 0. The van der Waals surface area contributed by atoms with Gasteiger partial charge in [-0.1, -0.05) is 5.57 Å². The smallest absolute Gasteiger partial charge is 0.252 e. The number of aromatic nitrogens is 3. The third kappa shape index (κ3) is 7.75. The van der Waals surface area contributed by atoms with Gasteiger partial charge in [0.05, 0.1) is 17.1 Å². The van der Waals surface area contributed by atoms with Crippen molar-refractivity contribution in [3.8, 4) is 0 Å². The van der Waals surface area contributed by atoms with E-state index in [1.165, 1.54) is 0 Å². The van der Waals surface area contributed by atoms with E-state index in [0.717, 1.165) is 47.3 Å². The number of hydrogen-bond donors (Lipinski definition) is 2. The Balaban J connectivity index is 1.82. The highest BCUT2D eigenvalue weighted by atomic mass is 16.2. The molecule has 2 aromatic rings. The quantitative estimate of drug-likeness (QED) is 0.336. The first-order valence-electron chi connectivity index (χ1n) is 13.7. The van der Waals surface area contributed by atoms with Gasteiger partial charge in [0.2, 0.25) is 12.3 Å². The maximum Gasteiger partial charge on any atom is 0.252 e. The van der Waals surface area contributed by atoms with Crippen molar-refractivity contribution in [3.63, 3.8) is 0 Å². The molecule has 3 amide bonds. The number of fused-ring (bicyclic) bond motifs is 1. The Morgan fingerprint density at radius 2 is 1.87 bits per heavy atom. The standard InChI is InChI=1S/C29H43N7O3/c1-19(2)36-28-25(17-32-36)24(29(39)30-16-21(4)20(3)14-22(5)31-18-37)15-26(33-28)23-8-12-35(13-9-23)27(38)10-11-34(6)7/h14-15,17-19,23H,8-13,16H2,1-7H3,(H,30,39)(H,31,37)/b21-20+,22-14-. The monoisotopic (exact) mass is 537 g/mol. The van der Waals surface area contributed by atoms with Crippen LogP contribution in [-0.4, -0.2) is 83.1 Å². The average molecular weight is 538 g/mol. The van der Waals surface area contributed by atoms with Crippen molar-refractivity contribution < 1.29 is 14.4 Å². The molecule has 10 heteroatoms. The predicted molar refractivity (Wildman–Crippen MR) is 153 cm³/mol. The normalized spacial score (nSPS) is 15.6. The molecule has 0 bridgehead atoms. The second kappa shape index (κ2) is 13.5. The zero-order valence-corrected chi connectivity index (χ0v) is 24.4. The number of rotatable bonds is 11. The van der Waals surface area contributed by atoms with Crippen LogP contribution >= 0.6 is 0 Å². The Labute approximate surface area is 231 Å². The van der Waals surface area contributed by atoms with E-state index < -0.39 is 0 Å². The molecule has 0 spiro atoms. The number of likely N-dealkylation sites (tertiary alicyclic amines) is 1. The molecule has 1 aliphatic rings. The summed E-state index contributed by atoms with van der Waals surface area (Å²) < 4.78 is 1.86. The molecular weight excluding hydrogens is 494 g/mol. The fraction of sp³-hybridized carbons (Fsp3) is 0.552. The molecule has 0 atom stereocenters. The lowest BCUT2D eigenvalue weighted by atomic mass is 9.91. The lowest BCUT2D eigenvalue weighted by Crippen LogP contribution is -2.39. The van der Waals surface area contributed by atoms with E-state index >= 15 is 0 Å². The average Bonchev–Trinajstić information content (AvgIpc) is 3.34. The fourth-order valence-electron chi connectivity index (χ4n) is 4.74. The van der Waals surface area contributed by atoms with Crippen LogP contribution in [0.3, 0.4) is 0 Å². The van der Waals surface area contributed by atoms with Crippen LogP contribution in [0.5, 0.6) is 0 Å². The lowest BCUT2D eigenvalue weighted by Gasteiger charge is -2.32. The van der Waals surface area contributed by atoms with Crippen LogP contribution in [0.1, 0.15) is 81.9 Å². The molecular formula is C29H43N7O3. The van der Waals surface area contributed by atoms with E-state index in [1.54, 1.807) is 6.20 Å². The second-order valence-electron chi connectivity index (χ2n) is 11.0. The molecule has 0 unspecified atom stereocenters. The SMILES string of the molecule is C/C(=C/C(C)=C(\C)CNC(=O)c1cc(C2CCN(C(=O)CCN(C)C)CC2)nc2c1cnn2C(C)C)NC=O. The zero-order chi connectivity index (χ0) is 28.7. The molecule has 0 aromatic carbocycles. The number of nitrogens with one attached hydrogen (secondary N) is 2. The van der Waals surface area contributed by atoms with Gasteiger partial charge in [0.1, 0.15) is 0 Å². The summed E-state index contributed by atoms with van der Waals surface area (Å²) in [5, 5.41) is 10.9. The molecule has 1 fully saturated rings. The molecule has 39 heavy (non-hydrogen) atoms. The third-order valence-corrected chi connectivity index (χ3v) is 7.27. The van der Waals surface area contributed by atoms with E-state index in [4.69, 9.17) is 4.98 Å². The molecule has 10 nitrogen and oxygen atoms in total. The highest BCUT2D eigenvalue weighted by Gasteiger charge is 2.27. The van der Waals surface area contributed by atoms with Crippen molar-refractivity contribution in [1.29, 1.82) is 0 Å². The van der Waals surface area contributed by atoms with Crippen molar-refractivity contribution >= 4 is 29.3 Å². The minimum Gasteiger partial charge on any atom is -0.348 e. The molecule has 212 valence electrons. The van der Waals surface area contributed by atoms with Crippen LogP contribution in [0, 0.1) is 0 Å². The van der Waals surface area contributed by atoms with Crippen LogP contribution in [0.15, 0.2) is 35.2 Å². The Hall–Kier alpha value is -3.53. The van der Waals surface area contributed by atoms with Crippen molar-refractivity contribution in [2.75, 3.05) is 40.3 Å². The number of pyridine rings is 1. The maximum atomic E-state index is 13.5. The lowest BCUT2D eigenvalue weighted by molar-refractivity contribution is -0.132. The first-order chi connectivity index (χ1) is 18.5. The van der Waals surface area contributed by atoms with Gasteiger partial charge in [0, 0.05) is 56.0 Å². The van der Waals surface area contributed by atoms with Gasteiger partial charge < -0.3 is 20.4 Å². The van der Waals surface area contributed by atoms with Gasteiger partial charge >= 0.3 is 0 Å². The maximum absolute atomic E-state index is 13.5. The molecule has 1 aliphatic heterocycles.